The normalized spacial score (nSPS) is 16.3. The Kier molecular flexibility index (Phi) is 14.3. The number of hydrogen-bond donors (Lipinski definition) is 3. The summed E-state index contributed by atoms with van der Waals surface area (Å²) >= 11 is 0. The van der Waals surface area contributed by atoms with E-state index in [9.17, 15) is 14.4 Å². The standard InChI is InChI=1S/C46H58N6O6/c1-5-7-14-32(6-2)31-56-39(53)33-15-21-36(22-16-33)47-42-50-43(48-37-23-17-34(18-24-37)40(54)57-45(3)27-10-8-11-28-45)52-44(51-42)49-38-25-19-35(20-26-38)41(55)58-46(4)29-12-9-13-30-46/h15-26,32H,5-14,27-31H2,1-4H3,(H3,47,48,49,50,51,52). The number of unbranched alkanes of at least 4 members (excludes halogenated alkanes) is 1. The van der Waals surface area contributed by atoms with Crippen LogP contribution < -0.4 is 16.0 Å². The van der Waals surface area contributed by atoms with E-state index < -0.39 is 11.2 Å². The van der Waals surface area contributed by atoms with Crippen LogP contribution in [0.15, 0.2) is 72.8 Å². The number of aromatic nitrogens is 3. The van der Waals surface area contributed by atoms with Crippen LogP contribution >= 0.6 is 0 Å². The molecule has 3 aromatic carbocycles. The van der Waals surface area contributed by atoms with Gasteiger partial charge in [-0.25, -0.2) is 14.4 Å². The summed E-state index contributed by atoms with van der Waals surface area (Å²) in [7, 11) is 0. The molecule has 58 heavy (non-hydrogen) atoms. The lowest BCUT2D eigenvalue weighted by atomic mass is 9.86. The third-order valence-electron chi connectivity index (χ3n) is 11.3. The van der Waals surface area contributed by atoms with Gasteiger partial charge in [0.25, 0.3) is 0 Å². The van der Waals surface area contributed by atoms with Gasteiger partial charge in [-0.2, -0.15) is 15.0 Å². The summed E-state index contributed by atoms with van der Waals surface area (Å²) in [5.41, 5.74) is 2.48. The van der Waals surface area contributed by atoms with Crippen molar-refractivity contribution in [1.29, 1.82) is 0 Å². The first-order chi connectivity index (χ1) is 28.0. The van der Waals surface area contributed by atoms with Gasteiger partial charge in [-0.05, 0) is 150 Å². The second-order valence-electron chi connectivity index (χ2n) is 16.2. The predicted molar refractivity (Wildman–Crippen MR) is 226 cm³/mol. The van der Waals surface area contributed by atoms with Gasteiger partial charge in [0.05, 0.1) is 23.3 Å². The minimum absolute atomic E-state index is 0.235. The molecule has 2 aliphatic rings. The molecule has 2 fully saturated rings. The molecule has 0 amide bonds. The van der Waals surface area contributed by atoms with Crippen molar-refractivity contribution in [1.82, 2.24) is 15.0 Å². The third-order valence-corrected chi connectivity index (χ3v) is 11.3. The van der Waals surface area contributed by atoms with Crippen molar-refractivity contribution in [3.05, 3.63) is 89.5 Å². The smallest absolute Gasteiger partial charge is 0.338 e. The molecule has 4 aromatic rings. The third kappa shape index (κ3) is 12.0. The van der Waals surface area contributed by atoms with Crippen molar-refractivity contribution in [2.24, 2.45) is 5.92 Å². The molecule has 0 bridgehead atoms. The molecule has 0 spiro atoms. The van der Waals surface area contributed by atoms with Crippen LogP contribution in [-0.4, -0.2) is 50.7 Å². The lowest BCUT2D eigenvalue weighted by Crippen LogP contribution is -2.33. The first kappa shape index (κ1) is 42.1. The van der Waals surface area contributed by atoms with Gasteiger partial charge >= 0.3 is 17.9 Å². The molecule has 1 unspecified atom stereocenters. The number of ether oxygens (including phenoxy) is 3. The van der Waals surface area contributed by atoms with Gasteiger partial charge in [-0.3, -0.25) is 0 Å². The van der Waals surface area contributed by atoms with Crippen LogP contribution in [0.1, 0.15) is 149 Å². The van der Waals surface area contributed by atoms with Crippen molar-refractivity contribution in [3.63, 3.8) is 0 Å². The van der Waals surface area contributed by atoms with Crippen LogP contribution in [0.5, 0.6) is 0 Å². The number of esters is 3. The number of anilines is 6. The van der Waals surface area contributed by atoms with E-state index in [0.717, 1.165) is 77.0 Å². The van der Waals surface area contributed by atoms with Crippen LogP contribution in [-0.2, 0) is 14.2 Å². The number of nitrogens with one attached hydrogen (secondary N) is 3. The highest BCUT2D eigenvalue weighted by Gasteiger charge is 2.32. The molecule has 1 atom stereocenters. The Hall–Kier alpha value is -5.52. The molecule has 2 saturated carbocycles. The van der Waals surface area contributed by atoms with E-state index in [-0.39, 0.29) is 35.8 Å². The van der Waals surface area contributed by atoms with E-state index in [4.69, 9.17) is 14.2 Å². The molecular weight excluding hydrogens is 733 g/mol. The second kappa shape index (κ2) is 19.8. The summed E-state index contributed by atoms with van der Waals surface area (Å²) in [5, 5.41) is 9.67. The molecule has 308 valence electrons. The lowest BCUT2D eigenvalue weighted by Gasteiger charge is -2.33. The average molecular weight is 791 g/mol. The molecular formula is C46H58N6O6. The number of nitrogens with zero attached hydrogens (tertiary/aromatic N) is 3. The van der Waals surface area contributed by atoms with Crippen LogP contribution in [0.4, 0.5) is 34.9 Å². The number of hydrogen-bond acceptors (Lipinski definition) is 12. The van der Waals surface area contributed by atoms with Gasteiger partial charge in [0.15, 0.2) is 0 Å². The molecule has 2 aliphatic carbocycles. The van der Waals surface area contributed by atoms with Gasteiger partial charge in [0.1, 0.15) is 11.2 Å². The Morgan fingerprint density at radius 2 is 0.931 bits per heavy atom. The van der Waals surface area contributed by atoms with Crippen molar-refractivity contribution in [2.45, 2.75) is 129 Å². The fraction of sp³-hybridized carbons (Fsp3) is 0.478. The SMILES string of the molecule is CCCCC(CC)COC(=O)c1ccc(Nc2nc(Nc3ccc(C(=O)OC4(C)CCCCC4)cc3)nc(Nc3ccc(C(=O)OC4(C)CCCCC4)cc3)n2)cc1. The zero-order valence-electron chi connectivity index (χ0n) is 34.4. The maximum atomic E-state index is 13.0. The Bertz CT molecular complexity index is 1870. The summed E-state index contributed by atoms with van der Waals surface area (Å²) in [5.74, 6) is 0.0247. The minimum atomic E-state index is -0.434. The largest absolute Gasteiger partial charge is 0.462 e. The maximum absolute atomic E-state index is 13.0. The molecule has 0 radical (unpaired) electrons. The Balaban J connectivity index is 1.16. The lowest BCUT2D eigenvalue weighted by molar-refractivity contribution is -0.0278. The van der Waals surface area contributed by atoms with Crippen LogP contribution in [0.25, 0.3) is 0 Å². The first-order valence-corrected chi connectivity index (χ1v) is 21.0. The van der Waals surface area contributed by atoms with Crippen molar-refractivity contribution in [2.75, 3.05) is 22.6 Å². The fourth-order valence-electron chi connectivity index (χ4n) is 7.54. The van der Waals surface area contributed by atoms with Gasteiger partial charge in [0.2, 0.25) is 17.8 Å². The Labute approximate surface area is 342 Å². The monoisotopic (exact) mass is 790 g/mol. The molecule has 0 saturated heterocycles. The highest BCUT2D eigenvalue weighted by atomic mass is 16.6. The van der Waals surface area contributed by atoms with Gasteiger partial charge in [0, 0.05) is 17.1 Å². The fourth-order valence-corrected chi connectivity index (χ4v) is 7.54. The summed E-state index contributed by atoms with van der Waals surface area (Å²) in [6, 6.07) is 20.9. The van der Waals surface area contributed by atoms with E-state index in [1.165, 1.54) is 12.8 Å². The minimum Gasteiger partial charge on any atom is -0.462 e. The molecule has 3 N–H and O–H groups in total. The van der Waals surface area contributed by atoms with E-state index in [2.05, 4.69) is 44.7 Å². The zero-order valence-corrected chi connectivity index (χ0v) is 34.4. The van der Waals surface area contributed by atoms with Gasteiger partial charge in [-0.15, -0.1) is 0 Å². The summed E-state index contributed by atoms with van der Waals surface area (Å²) in [6.45, 7) is 8.72. The molecule has 1 aromatic heterocycles. The topological polar surface area (TPSA) is 154 Å². The highest BCUT2D eigenvalue weighted by Crippen LogP contribution is 2.33. The predicted octanol–water partition coefficient (Wildman–Crippen LogP) is 11.2. The van der Waals surface area contributed by atoms with Crippen LogP contribution in [0.2, 0.25) is 0 Å². The quantitative estimate of drug-likeness (QED) is 0.0689. The molecule has 12 nitrogen and oxygen atoms in total. The Morgan fingerprint density at radius 3 is 1.28 bits per heavy atom. The van der Waals surface area contributed by atoms with Gasteiger partial charge in [-0.1, -0.05) is 46.0 Å². The summed E-state index contributed by atoms with van der Waals surface area (Å²) < 4.78 is 17.5. The zero-order chi connectivity index (χ0) is 41.0. The number of rotatable bonds is 17. The van der Waals surface area contributed by atoms with Crippen LogP contribution in [0, 0.1) is 5.92 Å². The maximum Gasteiger partial charge on any atom is 0.338 e. The van der Waals surface area contributed by atoms with Gasteiger partial charge < -0.3 is 30.2 Å². The van der Waals surface area contributed by atoms with Crippen molar-refractivity contribution in [3.8, 4) is 0 Å². The summed E-state index contributed by atoms with van der Waals surface area (Å²) in [6.07, 6.45) is 14.3. The Morgan fingerprint density at radius 1 is 0.569 bits per heavy atom. The number of carbonyl (C=O) groups excluding carboxylic acids is 3. The van der Waals surface area contributed by atoms with E-state index >= 15 is 0 Å². The molecule has 12 heteroatoms. The van der Waals surface area contributed by atoms with E-state index in [1.54, 1.807) is 72.8 Å². The van der Waals surface area contributed by atoms with E-state index in [1.807, 2.05) is 13.8 Å². The number of carbonyl (C=O) groups is 3. The second-order valence-corrected chi connectivity index (χ2v) is 16.2. The molecule has 1 heterocycles. The molecule has 0 aliphatic heterocycles. The van der Waals surface area contributed by atoms with Crippen LogP contribution in [0.3, 0.4) is 0 Å². The van der Waals surface area contributed by atoms with Crippen molar-refractivity contribution >= 4 is 52.8 Å². The molecule has 6 rings (SSSR count). The first-order valence-electron chi connectivity index (χ1n) is 21.0. The average Bonchev–Trinajstić information content (AvgIpc) is 3.22. The summed E-state index contributed by atoms with van der Waals surface area (Å²) in [4.78, 5) is 52.7. The highest BCUT2D eigenvalue weighted by molar-refractivity contribution is 5.91. The van der Waals surface area contributed by atoms with Crippen molar-refractivity contribution < 1.29 is 28.6 Å². The number of benzene rings is 3. The van der Waals surface area contributed by atoms with E-state index in [0.29, 0.717) is 46.3 Å².